The number of hydrogen-bond acceptors (Lipinski definition) is 7. The molecule has 0 bridgehead atoms. The molecule has 4 rings (SSSR count). The van der Waals surface area contributed by atoms with E-state index in [9.17, 15) is 10.4 Å². The molecule has 0 radical (unpaired) electrons. The molecule has 0 aliphatic rings. The summed E-state index contributed by atoms with van der Waals surface area (Å²) in [4.78, 5) is 7.47. The molecule has 0 amide bonds. The van der Waals surface area contributed by atoms with Gasteiger partial charge in [0.05, 0.1) is 16.3 Å². The number of aromatic nitrogens is 4. The van der Waals surface area contributed by atoms with Crippen LogP contribution in [0, 0.1) is 25.2 Å². The van der Waals surface area contributed by atoms with Gasteiger partial charge in [0, 0.05) is 5.56 Å². The van der Waals surface area contributed by atoms with Crippen LogP contribution in [-0.2, 0) is 0 Å². The summed E-state index contributed by atoms with van der Waals surface area (Å²) < 4.78 is 5.75. The van der Waals surface area contributed by atoms with E-state index in [2.05, 4.69) is 20.2 Å². The average molecular weight is 417 g/mol. The van der Waals surface area contributed by atoms with E-state index in [1.54, 1.807) is 6.92 Å². The number of aliphatic hydroxyl groups is 1. The molecule has 0 fully saturated rings. The molecule has 4 aromatic rings. The number of nitrogens with one attached hydrogen (secondary N) is 1. The smallest absolute Gasteiger partial charge is 0.277 e. The molecule has 2 aromatic heterocycles. The highest BCUT2D eigenvalue weighted by Gasteiger charge is 2.21. The van der Waals surface area contributed by atoms with Gasteiger partial charge >= 0.3 is 0 Å². The Hall–Kier alpha value is -3.57. The molecule has 2 N–H and O–H groups in total. The Bertz CT molecular complexity index is 1270. The number of aromatic amines is 1. The van der Waals surface area contributed by atoms with Gasteiger partial charge in [-0.25, -0.2) is 4.98 Å². The Labute approximate surface area is 177 Å². The average Bonchev–Trinajstić information content (AvgIpc) is 3.37. The van der Waals surface area contributed by atoms with Gasteiger partial charge in [-0.15, -0.1) is 10.2 Å². The number of allylic oxidation sites excluding steroid dienone is 1. The SMILES string of the molecule is Cc1ccc(-c2nnc(S[C@@H](C)/C(O)=C(\C#N)c3nc4ccccc4[nH]3)o2)cc1C. The van der Waals surface area contributed by atoms with E-state index in [-0.39, 0.29) is 11.3 Å². The third-order valence-electron chi connectivity index (χ3n) is 4.82. The number of thioether (sulfide) groups is 1. The molecule has 0 unspecified atom stereocenters. The van der Waals surface area contributed by atoms with Gasteiger partial charge in [-0.05, 0) is 56.2 Å². The van der Waals surface area contributed by atoms with E-state index in [1.807, 2.05) is 62.4 Å². The molecule has 2 aromatic carbocycles. The normalized spacial score (nSPS) is 13.1. The molecule has 1 atom stereocenters. The summed E-state index contributed by atoms with van der Waals surface area (Å²) in [6.07, 6.45) is 0. The first-order chi connectivity index (χ1) is 14.5. The van der Waals surface area contributed by atoms with Gasteiger partial charge in [0.1, 0.15) is 17.4 Å². The van der Waals surface area contributed by atoms with Crippen molar-refractivity contribution in [2.24, 2.45) is 0 Å². The molecular formula is C22H19N5O2S. The summed E-state index contributed by atoms with van der Waals surface area (Å²) >= 11 is 1.18. The van der Waals surface area contributed by atoms with Gasteiger partial charge in [-0.1, -0.05) is 30.0 Å². The number of nitrogens with zero attached hydrogens (tertiary/aromatic N) is 4. The molecule has 7 nitrogen and oxygen atoms in total. The lowest BCUT2D eigenvalue weighted by molar-refractivity contribution is 0.399. The number of benzene rings is 2. The third kappa shape index (κ3) is 3.80. The number of aliphatic hydroxyl groups excluding tert-OH is 1. The topological polar surface area (TPSA) is 112 Å². The summed E-state index contributed by atoms with van der Waals surface area (Å²) in [7, 11) is 0. The lowest BCUT2D eigenvalue weighted by atomic mass is 10.1. The molecule has 150 valence electrons. The van der Waals surface area contributed by atoms with Crippen LogP contribution < -0.4 is 0 Å². The zero-order chi connectivity index (χ0) is 21.3. The van der Waals surface area contributed by atoms with Crippen molar-refractivity contribution < 1.29 is 9.52 Å². The van der Waals surface area contributed by atoms with E-state index in [1.165, 1.54) is 17.3 Å². The van der Waals surface area contributed by atoms with E-state index in [0.29, 0.717) is 16.9 Å². The molecule has 0 spiro atoms. The number of imidazole rings is 1. The molecular weight excluding hydrogens is 398 g/mol. The number of H-pyrrole nitrogens is 1. The van der Waals surface area contributed by atoms with Gasteiger partial charge in [-0.2, -0.15) is 5.26 Å². The fourth-order valence-electron chi connectivity index (χ4n) is 2.96. The van der Waals surface area contributed by atoms with Crippen molar-refractivity contribution in [3.63, 3.8) is 0 Å². The van der Waals surface area contributed by atoms with Crippen LogP contribution in [-0.4, -0.2) is 30.5 Å². The molecule has 0 aliphatic carbocycles. The van der Waals surface area contributed by atoms with Crippen molar-refractivity contribution >= 4 is 28.4 Å². The number of fused-ring (bicyclic) bond motifs is 1. The zero-order valence-corrected chi connectivity index (χ0v) is 17.5. The third-order valence-corrected chi connectivity index (χ3v) is 5.76. The van der Waals surface area contributed by atoms with Crippen molar-refractivity contribution in [1.29, 1.82) is 5.26 Å². The van der Waals surface area contributed by atoms with Crippen LogP contribution in [0.25, 0.3) is 28.1 Å². The summed E-state index contributed by atoms with van der Waals surface area (Å²) in [5, 5.41) is 28.3. The van der Waals surface area contributed by atoms with E-state index >= 15 is 0 Å². The predicted octanol–water partition coefficient (Wildman–Crippen LogP) is 5.20. The highest BCUT2D eigenvalue weighted by molar-refractivity contribution is 7.99. The van der Waals surface area contributed by atoms with Gasteiger partial charge in [0.2, 0.25) is 5.89 Å². The lowest BCUT2D eigenvalue weighted by Crippen LogP contribution is -2.04. The van der Waals surface area contributed by atoms with Gasteiger partial charge in [0.25, 0.3) is 5.22 Å². The summed E-state index contributed by atoms with van der Waals surface area (Å²) in [5.74, 6) is 0.631. The standard InChI is InChI=1S/C22H19N5O2S/c1-12-8-9-15(10-13(12)2)21-26-27-22(29-21)30-14(3)19(28)16(11-23)20-24-17-6-4-5-7-18(17)25-20/h4-10,14,28H,1-3H3,(H,24,25)/b19-16-/t14-/m0/s1. The van der Waals surface area contributed by atoms with E-state index in [4.69, 9.17) is 4.42 Å². The fourth-order valence-corrected chi connectivity index (χ4v) is 3.71. The van der Waals surface area contributed by atoms with Crippen LogP contribution >= 0.6 is 11.8 Å². The molecule has 2 heterocycles. The summed E-state index contributed by atoms with van der Waals surface area (Å²) in [5.41, 5.74) is 4.76. The number of aryl methyl sites for hydroxylation is 2. The first-order valence-corrected chi connectivity index (χ1v) is 10.2. The Morgan fingerprint density at radius 3 is 2.70 bits per heavy atom. The van der Waals surface area contributed by atoms with E-state index < -0.39 is 5.25 Å². The minimum Gasteiger partial charge on any atom is -0.510 e. The summed E-state index contributed by atoms with van der Waals surface area (Å²) in [6.45, 7) is 5.83. The minimum atomic E-state index is -0.485. The second-order valence-electron chi connectivity index (χ2n) is 6.91. The number of rotatable bonds is 5. The monoisotopic (exact) mass is 417 g/mol. The fraction of sp³-hybridized carbons (Fsp3) is 0.182. The van der Waals surface area contributed by atoms with Crippen molar-refractivity contribution in [1.82, 2.24) is 20.2 Å². The van der Waals surface area contributed by atoms with E-state index in [0.717, 1.165) is 22.2 Å². The van der Waals surface area contributed by atoms with Crippen molar-refractivity contribution in [2.45, 2.75) is 31.2 Å². The van der Waals surface area contributed by atoms with Crippen LogP contribution in [0.3, 0.4) is 0 Å². The van der Waals surface area contributed by atoms with Crippen molar-refractivity contribution in [3.05, 3.63) is 65.2 Å². The van der Waals surface area contributed by atoms with Crippen LogP contribution in [0.1, 0.15) is 23.9 Å². The maximum Gasteiger partial charge on any atom is 0.277 e. The second kappa shape index (κ2) is 8.05. The molecule has 0 saturated heterocycles. The highest BCUT2D eigenvalue weighted by atomic mass is 32.2. The van der Waals surface area contributed by atoms with Crippen LogP contribution in [0.2, 0.25) is 0 Å². The Balaban J connectivity index is 1.58. The Kier molecular flexibility index (Phi) is 5.29. The largest absolute Gasteiger partial charge is 0.510 e. The van der Waals surface area contributed by atoms with Gasteiger partial charge < -0.3 is 14.5 Å². The molecule has 8 heteroatoms. The Morgan fingerprint density at radius 2 is 1.97 bits per heavy atom. The minimum absolute atomic E-state index is 0.0834. The van der Waals surface area contributed by atoms with Crippen molar-refractivity contribution in [3.8, 4) is 17.5 Å². The maximum atomic E-state index is 10.7. The zero-order valence-electron chi connectivity index (χ0n) is 16.7. The predicted molar refractivity (Wildman–Crippen MR) is 116 cm³/mol. The highest BCUT2D eigenvalue weighted by Crippen LogP contribution is 2.31. The number of nitriles is 1. The first-order valence-electron chi connectivity index (χ1n) is 9.32. The van der Waals surface area contributed by atoms with Crippen LogP contribution in [0.15, 0.2) is 57.9 Å². The second-order valence-corrected chi connectivity index (χ2v) is 8.20. The van der Waals surface area contributed by atoms with Gasteiger partial charge in [0.15, 0.2) is 5.82 Å². The molecule has 0 saturated carbocycles. The van der Waals surface area contributed by atoms with Gasteiger partial charge in [-0.3, -0.25) is 0 Å². The Morgan fingerprint density at radius 1 is 1.17 bits per heavy atom. The van der Waals surface area contributed by atoms with Crippen molar-refractivity contribution in [2.75, 3.05) is 0 Å². The number of hydrogen-bond donors (Lipinski definition) is 2. The molecule has 30 heavy (non-hydrogen) atoms. The van der Waals surface area contributed by atoms with Crippen LogP contribution in [0.5, 0.6) is 0 Å². The van der Waals surface area contributed by atoms with Crippen LogP contribution in [0.4, 0.5) is 0 Å². The summed E-state index contributed by atoms with van der Waals surface area (Å²) in [6, 6.07) is 15.4. The first kappa shape index (κ1) is 19.7. The lowest BCUT2D eigenvalue weighted by Gasteiger charge is -2.09. The maximum absolute atomic E-state index is 10.7. The molecule has 0 aliphatic heterocycles. The quantitative estimate of drug-likeness (QED) is 0.261. The number of para-hydroxylation sites is 2.